The topological polar surface area (TPSA) is 61.4 Å². The second-order valence-electron chi connectivity index (χ2n) is 4.41. The molecule has 0 saturated carbocycles. The first-order valence-corrected chi connectivity index (χ1v) is 6.42. The molecule has 5 heteroatoms. The first kappa shape index (κ1) is 14.0. The summed E-state index contributed by atoms with van der Waals surface area (Å²) >= 11 is 0. The Bertz CT molecular complexity index is 268. The first-order valence-electron chi connectivity index (χ1n) is 6.42. The van der Waals surface area contributed by atoms with Crippen LogP contribution in [0.25, 0.3) is 0 Å². The Balaban J connectivity index is 2.25. The summed E-state index contributed by atoms with van der Waals surface area (Å²) < 4.78 is 0. The number of carbonyl (C=O) groups is 2. The van der Waals surface area contributed by atoms with E-state index in [1.807, 2.05) is 0 Å². The van der Waals surface area contributed by atoms with E-state index < -0.39 is 0 Å². The zero-order valence-corrected chi connectivity index (χ0v) is 10.8. The van der Waals surface area contributed by atoms with Gasteiger partial charge in [0.05, 0.1) is 0 Å². The summed E-state index contributed by atoms with van der Waals surface area (Å²) in [6.45, 7) is 6.72. The van der Waals surface area contributed by atoms with Crippen molar-refractivity contribution in [3.8, 4) is 0 Å². The number of hydrogen-bond acceptors (Lipinski definition) is 3. The van der Waals surface area contributed by atoms with Crippen LogP contribution in [0, 0.1) is 0 Å². The molecule has 1 aliphatic rings. The summed E-state index contributed by atoms with van der Waals surface area (Å²) in [6, 6.07) is -0.251. The van der Waals surface area contributed by atoms with Crippen LogP contribution in [0.4, 0.5) is 0 Å². The lowest BCUT2D eigenvalue weighted by molar-refractivity contribution is -0.136. The van der Waals surface area contributed by atoms with Crippen molar-refractivity contribution in [3.63, 3.8) is 0 Å². The summed E-state index contributed by atoms with van der Waals surface area (Å²) in [5.74, 6) is -0.0252. The van der Waals surface area contributed by atoms with Gasteiger partial charge in [-0.2, -0.15) is 0 Å². The van der Waals surface area contributed by atoms with Crippen LogP contribution < -0.4 is 10.6 Å². The van der Waals surface area contributed by atoms with Gasteiger partial charge < -0.3 is 15.5 Å². The molecule has 0 aliphatic carbocycles. The van der Waals surface area contributed by atoms with Gasteiger partial charge in [-0.25, -0.2) is 0 Å². The van der Waals surface area contributed by atoms with E-state index in [-0.39, 0.29) is 17.9 Å². The first-order chi connectivity index (χ1) is 8.16. The van der Waals surface area contributed by atoms with Crippen molar-refractivity contribution in [3.05, 3.63) is 0 Å². The largest absolute Gasteiger partial charge is 0.353 e. The van der Waals surface area contributed by atoms with Gasteiger partial charge in [0.2, 0.25) is 11.8 Å². The molecular formula is C12H23N3O2. The van der Waals surface area contributed by atoms with Crippen molar-refractivity contribution in [2.75, 3.05) is 26.2 Å². The standard InChI is InChI=1S/C12H23N3O2/c1-3-6-13-7-8-14-12(17)11-5-4-9-15(11)10(2)16/h11,13H,3-9H2,1-2H3,(H,14,17). The third-order valence-electron chi connectivity index (χ3n) is 2.99. The van der Waals surface area contributed by atoms with Gasteiger partial charge >= 0.3 is 0 Å². The minimum Gasteiger partial charge on any atom is -0.353 e. The molecule has 0 aromatic carbocycles. The van der Waals surface area contributed by atoms with Crippen molar-refractivity contribution in [2.45, 2.75) is 39.2 Å². The molecule has 1 aliphatic heterocycles. The van der Waals surface area contributed by atoms with Gasteiger partial charge in [0.25, 0.3) is 0 Å². The number of nitrogens with one attached hydrogen (secondary N) is 2. The third-order valence-corrected chi connectivity index (χ3v) is 2.99. The van der Waals surface area contributed by atoms with Gasteiger partial charge in [-0.3, -0.25) is 9.59 Å². The van der Waals surface area contributed by atoms with Crippen LogP contribution in [0.15, 0.2) is 0 Å². The second kappa shape index (κ2) is 7.27. The molecule has 1 rings (SSSR count). The van der Waals surface area contributed by atoms with Crippen LogP contribution in [-0.4, -0.2) is 48.9 Å². The van der Waals surface area contributed by atoms with Gasteiger partial charge in [-0.1, -0.05) is 6.92 Å². The van der Waals surface area contributed by atoms with Gasteiger partial charge in [0.1, 0.15) is 6.04 Å². The molecule has 1 fully saturated rings. The predicted molar refractivity (Wildman–Crippen MR) is 66.6 cm³/mol. The molecule has 0 bridgehead atoms. The Labute approximate surface area is 103 Å². The lowest BCUT2D eigenvalue weighted by Gasteiger charge is -2.22. The van der Waals surface area contributed by atoms with E-state index >= 15 is 0 Å². The van der Waals surface area contributed by atoms with Gasteiger partial charge in [0.15, 0.2) is 0 Å². The average molecular weight is 241 g/mol. The minimum atomic E-state index is -0.251. The monoisotopic (exact) mass is 241 g/mol. The van der Waals surface area contributed by atoms with E-state index in [4.69, 9.17) is 0 Å². The molecule has 2 N–H and O–H groups in total. The van der Waals surface area contributed by atoms with Crippen molar-refractivity contribution >= 4 is 11.8 Å². The van der Waals surface area contributed by atoms with Gasteiger partial charge in [-0.15, -0.1) is 0 Å². The Morgan fingerprint density at radius 1 is 1.29 bits per heavy atom. The minimum absolute atomic E-state index is 0.00763. The molecule has 0 aromatic rings. The molecule has 17 heavy (non-hydrogen) atoms. The Kier molecular flexibility index (Phi) is 5.97. The fourth-order valence-electron chi connectivity index (χ4n) is 2.11. The summed E-state index contributed by atoms with van der Waals surface area (Å²) in [7, 11) is 0. The number of nitrogens with zero attached hydrogens (tertiary/aromatic N) is 1. The summed E-state index contributed by atoms with van der Waals surface area (Å²) in [6.07, 6.45) is 2.80. The molecule has 1 heterocycles. The number of hydrogen-bond donors (Lipinski definition) is 2. The quantitative estimate of drug-likeness (QED) is 0.649. The van der Waals surface area contributed by atoms with Gasteiger partial charge in [0, 0.05) is 26.6 Å². The fraction of sp³-hybridized carbons (Fsp3) is 0.833. The maximum absolute atomic E-state index is 11.9. The number of rotatable bonds is 6. The van der Waals surface area contributed by atoms with Crippen molar-refractivity contribution in [1.29, 1.82) is 0 Å². The van der Waals surface area contributed by atoms with Crippen LogP contribution >= 0.6 is 0 Å². The van der Waals surface area contributed by atoms with E-state index in [1.165, 1.54) is 6.92 Å². The average Bonchev–Trinajstić information content (AvgIpc) is 2.77. The fourth-order valence-corrected chi connectivity index (χ4v) is 2.11. The lowest BCUT2D eigenvalue weighted by Crippen LogP contribution is -2.46. The second-order valence-corrected chi connectivity index (χ2v) is 4.41. The van der Waals surface area contributed by atoms with Crippen molar-refractivity contribution in [2.24, 2.45) is 0 Å². The predicted octanol–water partition coefficient (Wildman–Crippen LogP) is 0.113. The Hall–Kier alpha value is -1.10. The highest BCUT2D eigenvalue weighted by Crippen LogP contribution is 2.16. The Morgan fingerprint density at radius 2 is 2.06 bits per heavy atom. The molecule has 2 amide bonds. The van der Waals surface area contributed by atoms with Crippen LogP contribution in [0.2, 0.25) is 0 Å². The SMILES string of the molecule is CCCNCCNC(=O)C1CCCN1C(C)=O. The molecular weight excluding hydrogens is 218 g/mol. The molecule has 0 spiro atoms. The smallest absolute Gasteiger partial charge is 0.242 e. The lowest BCUT2D eigenvalue weighted by atomic mass is 10.2. The van der Waals surface area contributed by atoms with E-state index in [0.717, 1.165) is 32.4 Å². The molecule has 1 unspecified atom stereocenters. The van der Waals surface area contributed by atoms with Crippen LogP contribution in [-0.2, 0) is 9.59 Å². The highest BCUT2D eigenvalue weighted by molar-refractivity contribution is 5.87. The van der Waals surface area contributed by atoms with Crippen molar-refractivity contribution < 1.29 is 9.59 Å². The molecule has 1 saturated heterocycles. The van der Waals surface area contributed by atoms with E-state index in [2.05, 4.69) is 17.6 Å². The highest BCUT2D eigenvalue weighted by Gasteiger charge is 2.31. The molecule has 5 nitrogen and oxygen atoms in total. The van der Waals surface area contributed by atoms with Gasteiger partial charge in [-0.05, 0) is 25.8 Å². The molecule has 1 atom stereocenters. The summed E-state index contributed by atoms with van der Waals surface area (Å²) in [5.41, 5.74) is 0. The summed E-state index contributed by atoms with van der Waals surface area (Å²) in [5, 5.41) is 6.09. The van der Waals surface area contributed by atoms with E-state index in [1.54, 1.807) is 4.90 Å². The maximum Gasteiger partial charge on any atom is 0.242 e. The Morgan fingerprint density at radius 3 is 2.71 bits per heavy atom. The normalized spacial score (nSPS) is 19.4. The third kappa shape index (κ3) is 4.34. The van der Waals surface area contributed by atoms with E-state index in [0.29, 0.717) is 13.1 Å². The molecule has 0 aromatic heterocycles. The van der Waals surface area contributed by atoms with E-state index in [9.17, 15) is 9.59 Å². The number of amides is 2. The summed E-state index contributed by atoms with van der Waals surface area (Å²) in [4.78, 5) is 24.8. The zero-order chi connectivity index (χ0) is 12.7. The van der Waals surface area contributed by atoms with Crippen molar-refractivity contribution in [1.82, 2.24) is 15.5 Å². The number of likely N-dealkylation sites (tertiary alicyclic amines) is 1. The van der Waals surface area contributed by atoms with Crippen LogP contribution in [0.3, 0.4) is 0 Å². The van der Waals surface area contributed by atoms with Crippen LogP contribution in [0.5, 0.6) is 0 Å². The van der Waals surface area contributed by atoms with Crippen LogP contribution in [0.1, 0.15) is 33.1 Å². The molecule has 0 radical (unpaired) electrons. The molecule has 98 valence electrons. The maximum atomic E-state index is 11.9. The highest BCUT2D eigenvalue weighted by atomic mass is 16.2. The number of carbonyl (C=O) groups excluding carboxylic acids is 2. The zero-order valence-electron chi connectivity index (χ0n) is 10.8.